The van der Waals surface area contributed by atoms with Crippen LogP contribution >= 0.6 is 23.5 Å². The number of aromatic amines is 1. The molecule has 8 rings (SSSR count). The summed E-state index contributed by atoms with van der Waals surface area (Å²) < 4.78 is 26.6. The van der Waals surface area contributed by atoms with Gasteiger partial charge in [0.05, 0.1) is 25.4 Å². The van der Waals surface area contributed by atoms with Gasteiger partial charge in [0.1, 0.15) is 53.4 Å². The maximum atomic E-state index is 15.3. The quantitative estimate of drug-likeness (QED) is 0.132. The fourth-order valence-electron chi connectivity index (χ4n) is 12.1. The topological polar surface area (TPSA) is 299 Å². The van der Waals surface area contributed by atoms with Crippen molar-refractivity contribution in [3.8, 4) is 5.75 Å². The molecule has 1 saturated heterocycles. The van der Waals surface area contributed by atoms with E-state index in [0.717, 1.165) is 24.0 Å². The number of fused-ring (bicyclic) bond motifs is 11. The number of carbonyl (C=O) groups excluding carboxylic acids is 9. The Morgan fingerprint density at radius 2 is 1.43 bits per heavy atom. The monoisotopic (exact) mass is 1280 g/mol. The molecular weight excluding hydrogens is 1200 g/mol. The molecule has 4 aliphatic rings. The van der Waals surface area contributed by atoms with Crippen molar-refractivity contribution in [2.24, 2.45) is 5.92 Å². The van der Waals surface area contributed by atoms with E-state index in [1.165, 1.54) is 48.8 Å². The van der Waals surface area contributed by atoms with Gasteiger partial charge in [-0.25, -0.2) is 4.39 Å². The van der Waals surface area contributed by atoms with Crippen molar-refractivity contribution in [1.29, 1.82) is 0 Å². The van der Waals surface area contributed by atoms with Gasteiger partial charge in [-0.1, -0.05) is 36.4 Å². The van der Waals surface area contributed by atoms with E-state index in [1.54, 1.807) is 68.0 Å². The number of thioether (sulfide) groups is 2. The molecule has 1 saturated carbocycles. The lowest BCUT2D eigenvalue weighted by Crippen LogP contribution is -2.62. The van der Waals surface area contributed by atoms with E-state index >= 15 is 9.59 Å². The Labute approximate surface area is 533 Å². The molecule has 3 aliphatic heterocycles. The maximum absolute atomic E-state index is 15.3. The van der Waals surface area contributed by atoms with Gasteiger partial charge < -0.3 is 66.6 Å². The Kier molecular flexibility index (Phi) is 24.9. The third kappa shape index (κ3) is 18.9. The smallest absolute Gasteiger partial charge is 0.246 e. The van der Waals surface area contributed by atoms with Gasteiger partial charge in [0, 0.05) is 86.1 Å². The van der Waals surface area contributed by atoms with E-state index in [4.69, 9.17) is 9.47 Å². The Hall–Kier alpha value is -7.22. The van der Waals surface area contributed by atoms with Gasteiger partial charge in [0.25, 0.3) is 0 Å². The van der Waals surface area contributed by atoms with Crippen LogP contribution < -0.4 is 42.0 Å². The van der Waals surface area contributed by atoms with Crippen LogP contribution in [0.3, 0.4) is 0 Å². The molecule has 8 atom stereocenters. The molecule has 4 aromatic rings. The lowest BCUT2D eigenvalue weighted by Gasteiger charge is -2.38. The van der Waals surface area contributed by atoms with Crippen LogP contribution in [-0.2, 0) is 72.2 Å². The van der Waals surface area contributed by atoms with E-state index in [9.17, 15) is 43.1 Å². The number of aliphatic hydroxyl groups is 1. The van der Waals surface area contributed by atoms with Crippen LogP contribution in [0.25, 0.3) is 10.9 Å². The van der Waals surface area contributed by atoms with Gasteiger partial charge in [-0.2, -0.15) is 23.5 Å². The number of rotatable bonds is 6. The highest BCUT2D eigenvalue weighted by Gasteiger charge is 2.48. The van der Waals surface area contributed by atoms with Crippen LogP contribution in [0.1, 0.15) is 114 Å². The Morgan fingerprint density at radius 3 is 2.18 bits per heavy atom. The highest BCUT2D eigenvalue weighted by Crippen LogP contribution is 2.34. The number of ether oxygens (including phenoxy) is 2. The number of H-pyrrole nitrogens is 1. The molecule has 3 aromatic carbocycles. The van der Waals surface area contributed by atoms with Crippen LogP contribution in [0.2, 0.25) is 0 Å². The van der Waals surface area contributed by atoms with Crippen LogP contribution in [0.15, 0.2) is 72.9 Å². The first kappa shape index (κ1) is 68.7. The van der Waals surface area contributed by atoms with Gasteiger partial charge in [-0.05, 0) is 144 Å². The molecule has 9 amide bonds. The number of benzene rings is 3. The van der Waals surface area contributed by atoms with Crippen LogP contribution in [0, 0.1) is 11.7 Å². The summed E-state index contributed by atoms with van der Waals surface area (Å²) in [6.45, 7) is 5.99. The molecule has 22 nitrogen and oxygen atoms in total. The molecule has 0 spiro atoms. The molecule has 25 heteroatoms. The molecular formula is C65H87FN10O12S2. The molecule has 1 aromatic heterocycles. The van der Waals surface area contributed by atoms with Gasteiger partial charge in [-0.15, -0.1) is 0 Å². The van der Waals surface area contributed by atoms with Crippen molar-refractivity contribution in [3.05, 3.63) is 101 Å². The summed E-state index contributed by atoms with van der Waals surface area (Å²) in [4.78, 5) is 135. The summed E-state index contributed by atoms with van der Waals surface area (Å²) in [6, 6.07) is 11.2. The van der Waals surface area contributed by atoms with Crippen molar-refractivity contribution in [2.45, 2.75) is 170 Å². The zero-order valence-electron chi connectivity index (χ0n) is 52.0. The Bertz CT molecular complexity index is 3200. The average molecular weight is 1280 g/mol. The van der Waals surface area contributed by atoms with Gasteiger partial charge >= 0.3 is 0 Å². The predicted molar refractivity (Wildman–Crippen MR) is 341 cm³/mol. The number of hydrogen-bond donors (Lipinski definition) is 9. The standard InChI is InChI=1S/C65H87FN10O12S2/c1-39-58(80)70-40(2)59(81)71-52-32-43-11-9-14-49(30-43)88-26-7-6-24-75(62(84)54(72-60(52)82)33-46-35-68-51-20-17-47(66)34-50(46)51)36-56(79)74-57(41(3)77)61(83)73-53(31-42-15-18-48(87-5)19-16-42)63(85)76-25-10-22-65(76,4)64(86)67-23-28-90-38-45-13-8-12-44(29-45)37-89-27-21-55(78)69-39/h8-9,11-14,17,20,29-30,34-35,39-42,48,52-54,57,68,77H,6-7,10,15-16,18-19,21-28,31-33,36-38H2,1-5H3,(H,67,86)(H,69,78)(H,70,80)(H,71,81)(H,72,82)(H,73,83)(H,74,79)/t39-,40+,41+,42?,48?,52-,53-,54+,57-,65-/m0/s1. The summed E-state index contributed by atoms with van der Waals surface area (Å²) in [5, 5.41) is 31.2. The normalized spacial score (nSPS) is 27.3. The first-order valence-corrected chi connectivity index (χ1v) is 33.6. The van der Waals surface area contributed by atoms with E-state index in [2.05, 4.69) is 48.3 Å². The number of aliphatic hydroxyl groups excluding tert-OH is 1. The zero-order chi connectivity index (χ0) is 64.5. The predicted octanol–water partition coefficient (Wildman–Crippen LogP) is 4.09. The third-order valence-electron chi connectivity index (χ3n) is 17.3. The molecule has 2 fully saturated rings. The number of methoxy groups -OCH3 is 1. The Balaban J connectivity index is 1.10. The highest BCUT2D eigenvalue weighted by atomic mass is 32.2. The minimum Gasteiger partial charge on any atom is -0.494 e. The fourth-order valence-corrected chi connectivity index (χ4v) is 13.8. The Morgan fingerprint density at radius 1 is 0.733 bits per heavy atom. The van der Waals surface area contributed by atoms with E-state index < -0.39 is 102 Å². The number of nitrogens with one attached hydrogen (secondary N) is 8. The molecule has 90 heavy (non-hydrogen) atoms. The van der Waals surface area contributed by atoms with Gasteiger partial charge in [0.2, 0.25) is 53.2 Å². The second-order valence-corrected chi connectivity index (χ2v) is 26.5. The van der Waals surface area contributed by atoms with Gasteiger partial charge in [-0.3, -0.25) is 43.2 Å². The number of nitrogens with zero attached hydrogens (tertiary/aromatic N) is 2. The van der Waals surface area contributed by atoms with Crippen molar-refractivity contribution < 1.29 is 62.1 Å². The second-order valence-electron chi connectivity index (χ2n) is 24.3. The highest BCUT2D eigenvalue weighted by molar-refractivity contribution is 7.98. The van der Waals surface area contributed by atoms with Crippen LogP contribution in [-0.4, -0.2) is 178 Å². The molecule has 9 N–H and O–H groups in total. The second kappa shape index (κ2) is 32.7. The molecule has 6 bridgehead atoms. The summed E-state index contributed by atoms with van der Waals surface area (Å²) in [5.41, 5.74) is 2.46. The summed E-state index contributed by atoms with van der Waals surface area (Å²) in [7, 11) is 1.66. The SMILES string of the molecule is COC1CCC(C[C@@H]2NC(=O)[C@H]([C@@H](C)O)NC(=O)CN3CCCCOc4cccc(c4)C[C@H](NC(=O)[C@@H](C)NC(=O)[C@H](C)NC(=O)CCSCc4cccc(c4)CSCCNC(=O)[C@]4(C)CCCN4C2=O)C(=O)N[C@H](Cc2c[nH]c4ccc(F)cc24)C3=O)CC1. The van der Waals surface area contributed by atoms with Gasteiger partial charge in [0.15, 0.2) is 0 Å². The zero-order valence-corrected chi connectivity index (χ0v) is 53.6. The lowest BCUT2D eigenvalue weighted by atomic mass is 9.82. The van der Waals surface area contributed by atoms with Crippen molar-refractivity contribution >= 4 is 87.6 Å². The van der Waals surface area contributed by atoms with Crippen LogP contribution in [0.5, 0.6) is 5.75 Å². The largest absolute Gasteiger partial charge is 0.494 e. The summed E-state index contributed by atoms with van der Waals surface area (Å²) in [5.74, 6) is -3.62. The van der Waals surface area contributed by atoms with E-state index in [-0.39, 0.29) is 69.2 Å². The molecule has 1 aliphatic carbocycles. The molecule has 0 radical (unpaired) electrons. The fraction of sp³-hybridized carbons (Fsp3) is 0.554. The molecule has 0 unspecified atom stereocenters. The van der Waals surface area contributed by atoms with Crippen molar-refractivity contribution in [3.63, 3.8) is 0 Å². The number of carbonyl (C=O) groups is 9. The summed E-state index contributed by atoms with van der Waals surface area (Å²) >= 11 is 3.20. The third-order valence-corrected chi connectivity index (χ3v) is 19.4. The average Bonchev–Trinajstić information content (AvgIpc) is 1.68. The van der Waals surface area contributed by atoms with Crippen LogP contribution in [0.4, 0.5) is 4.39 Å². The van der Waals surface area contributed by atoms with E-state index in [0.29, 0.717) is 95.9 Å². The number of aromatic nitrogens is 1. The number of halogens is 1. The minimum absolute atomic E-state index is 0.0103. The summed E-state index contributed by atoms with van der Waals surface area (Å²) in [6.07, 6.45) is 4.62. The van der Waals surface area contributed by atoms with Crippen molar-refractivity contribution in [1.82, 2.24) is 52.0 Å². The molecule has 488 valence electrons. The number of amides is 9. The van der Waals surface area contributed by atoms with E-state index in [1.807, 2.05) is 18.2 Å². The van der Waals surface area contributed by atoms with Crippen molar-refractivity contribution in [2.75, 3.05) is 51.4 Å². The molecule has 4 heterocycles. The maximum Gasteiger partial charge on any atom is 0.246 e. The number of hydrogen-bond acceptors (Lipinski definition) is 14. The lowest BCUT2D eigenvalue weighted by molar-refractivity contribution is -0.147. The minimum atomic E-state index is -1.64. The first-order valence-electron chi connectivity index (χ1n) is 31.3. The first-order chi connectivity index (χ1) is 43.2.